The SMILES string of the molecule is CCc1nnc2sc(-c3ccc(OC)c(NC(=O)c4ccc(C)cc4)c3)nn12. The second-order valence-corrected chi connectivity index (χ2v) is 7.26. The molecule has 0 bridgehead atoms. The van der Waals surface area contributed by atoms with Gasteiger partial charge in [0.2, 0.25) is 4.96 Å². The number of carbonyl (C=O) groups is 1. The summed E-state index contributed by atoms with van der Waals surface area (Å²) in [5.74, 6) is 1.21. The third kappa shape index (κ3) is 3.34. The quantitative estimate of drug-likeness (QED) is 0.555. The van der Waals surface area contributed by atoms with Crippen LogP contribution in [0.3, 0.4) is 0 Å². The molecule has 0 spiro atoms. The summed E-state index contributed by atoms with van der Waals surface area (Å²) in [5, 5.41) is 16.6. The molecule has 2 heterocycles. The molecule has 0 saturated heterocycles. The van der Waals surface area contributed by atoms with Gasteiger partial charge in [-0.15, -0.1) is 10.2 Å². The number of nitrogens with zero attached hydrogens (tertiary/aromatic N) is 4. The highest BCUT2D eigenvalue weighted by Crippen LogP contribution is 2.33. The van der Waals surface area contributed by atoms with Gasteiger partial charge < -0.3 is 10.1 Å². The van der Waals surface area contributed by atoms with E-state index in [1.54, 1.807) is 23.8 Å². The number of hydrogen-bond donors (Lipinski definition) is 1. The minimum absolute atomic E-state index is 0.193. The zero-order chi connectivity index (χ0) is 19.7. The number of amides is 1. The summed E-state index contributed by atoms with van der Waals surface area (Å²) < 4.78 is 7.17. The van der Waals surface area contributed by atoms with Gasteiger partial charge in [-0.05, 0) is 37.3 Å². The van der Waals surface area contributed by atoms with Crippen LogP contribution in [0.15, 0.2) is 42.5 Å². The topological polar surface area (TPSA) is 81.4 Å². The molecule has 0 saturated carbocycles. The van der Waals surface area contributed by atoms with Gasteiger partial charge in [0.25, 0.3) is 5.91 Å². The van der Waals surface area contributed by atoms with Crippen LogP contribution >= 0.6 is 11.3 Å². The normalized spacial score (nSPS) is 11.0. The van der Waals surface area contributed by atoms with E-state index in [9.17, 15) is 4.79 Å². The Bertz CT molecular complexity index is 1150. The van der Waals surface area contributed by atoms with Gasteiger partial charge in [0.15, 0.2) is 5.82 Å². The molecule has 2 aromatic heterocycles. The maximum absolute atomic E-state index is 12.6. The Hall–Kier alpha value is -3.26. The summed E-state index contributed by atoms with van der Waals surface area (Å²) in [4.78, 5) is 13.4. The van der Waals surface area contributed by atoms with Crippen LogP contribution in [0, 0.1) is 6.92 Å². The number of ether oxygens (including phenoxy) is 1. The van der Waals surface area contributed by atoms with Crippen LogP contribution in [0.4, 0.5) is 5.69 Å². The van der Waals surface area contributed by atoms with E-state index in [4.69, 9.17) is 4.74 Å². The molecule has 0 aliphatic heterocycles. The first-order valence-electron chi connectivity index (χ1n) is 8.86. The van der Waals surface area contributed by atoms with Gasteiger partial charge in [-0.25, -0.2) is 0 Å². The largest absolute Gasteiger partial charge is 0.495 e. The van der Waals surface area contributed by atoms with Crippen LogP contribution in [0.25, 0.3) is 15.5 Å². The molecule has 1 amide bonds. The second kappa shape index (κ2) is 7.40. The van der Waals surface area contributed by atoms with Crippen molar-refractivity contribution in [3.05, 3.63) is 59.4 Å². The lowest BCUT2D eigenvalue weighted by atomic mass is 10.1. The Balaban J connectivity index is 1.67. The van der Waals surface area contributed by atoms with Gasteiger partial charge in [0.05, 0.1) is 12.8 Å². The molecule has 0 radical (unpaired) electrons. The molecular formula is C20H19N5O2S. The third-order valence-electron chi connectivity index (χ3n) is 4.38. The molecule has 28 heavy (non-hydrogen) atoms. The van der Waals surface area contributed by atoms with Gasteiger partial charge in [0, 0.05) is 17.5 Å². The van der Waals surface area contributed by atoms with E-state index in [1.807, 2.05) is 44.2 Å². The van der Waals surface area contributed by atoms with Crippen molar-refractivity contribution in [2.45, 2.75) is 20.3 Å². The van der Waals surface area contributed by atoms with Gasteiger partial charge in [-0.1, -0.05) is 36.0 Å². The van der Waals surface area contributed by atoms with Gasteiger partial charge >= 0.3 is 0 Å². The Morgan fingerprint density at radius 2 is 1.96 bits per heavy atom. The van der Waals surface area contributed by atoms with E-state index >= 15 is 0 Å². The van der Waals surface area contributed by atoms with E-state index in [1.165, 1.54) is 11.3 Å². The number of anilines is 1. The average molecular weight is 393 g/mol. The molecule has 7 nitrogen and oxygen atoms in total. The molecule has 0 fully saturated rings. The van der Waals surface area contributed by atoms with Crippen molar-refractivity contribution in [1.29, 1.82) is 0 Å². The number of nitrogens with one attached hydrogen (secondary N) is 1. The zero-order valence-electron chi connectivity index (χ0n) is 15.8. The highest BCUT2D eigenvalue weighted by molar-refractivity contribution is 7.19. The average Bonchev–Trinajstić information content (AvgIpc) is 3.29. The number of hydrogen-bond acceptors (Lipinski definition) is 6. The molecule has 4 aromatic rings. The number of carbonyl (C=O) groups excluding carboxylic acids is 1. The summed E-state index contributed by atoms with van der Waals surface area (Å²) in [6, 6.07) is 13.0. The number of aryl methyl sites for hydroxylation is 2. The minimum Gasteiger partial charge on any atom is -0.495 e. The van der Waals surface area contributed by atoms with Crippen molar-refractivity contribution >= 4 is 27.9 Å². The lowest BCUT2D eigenvalue weighted by Gasteiger charge is -2.11. The number of rotatable bonds is 5. The maximum atomic E-state index is 12.6. The summed E-state index contributed by atoms with van der Waals surface area (Å²) in [7, 11) is 1.58. The van der Waals surface area contributed by atoms with Gasteiger partial charge in [-0.2, -0.15) is 9.61 Å². The molecule has 0 atom stereocenters. The van der Waals surface area contributed by atoms with Gasteiger partial charge in [-0.3, -0.25) is 4.79 Å². The van der Waals surface area contributed by atoms with Crippen LogP contribution < -0.4 is 10.1 Å². The first-order chi connectivity index (χ1) is 13.6. The fraction of sp³-hybridized carbons (Fsp3) is 0.200. The molecule has 0 unspecified atom stereocenters. The van der Waals surface area contributed by atoms with Crippen molar-refractivity contribution < 1.29 is 9.53 Å². The van der Waals surface area contributed by atoms with Gasteiger partial charge in [0.1, 0.15) is 10.8 Å². The standard InChI is InChI=1S/C20H19N5O2S/c1-4-17-22-23-20-25(17)24-19(28-20)14-9-10-16(27-3)15(11-14)21-18(26)13-7-5-12(2)6-8-13/h5-11H,4H2,1-3H3,(H,21,26). The molecule has 2 aromatic carbocycles. The van der Waals surface area contributed by atoms with Crippen molar-refractivity contribution in [1.82, 2.24) is 19.8 Å². The Morgan fingerprint density at radius 3 is 2.68 bits per heavy atom. The van der Waals surface area contributed by atoms with Crippen LogP contribution in [-0.4, -0.2) is 32.8 Å². The predicted octanol–water partition coefficient (Wildman–Crippen LogP) is 3.98. The van der Waals surface area contributed by atoms with Crippen molar-refractivity contribution in [2.75, 3.05) is 12.4 Å². The highest BCUT2D eigenvalue weighted by Gasteiger charge is 2.15. The van der Waals surface area contributed by atoms with Crippen molar-refractivity contribution in [3.63, 3.8) is 0 Å². The summed E-state index contributed by atoms with van der Waals surface area (Å²) in [6.45, 7) is 4.00. The second-order valence-electron chi connectivity index (χ2n) is 6.31. The Kier molecular flexibility index (Phi) is 4.79. The Labute approximate surface area is 166 Å². The molecule has 4 rings (SSSR count). The number of methoxy groups -OCH3 is 1. The van der Waals surface area contributed by atoms with E-state index in [-0.39, 0.29) is 5.91 Å². The fourth-order valence-corrected chi connectivity index (χ4v) is 3.69. The number of fused-ring (bicyclic) bond motifs is 1. The van der Waals surface area contributed by atoms with Crippen LogP contribution in [0.5, 0.6) is 5.75 Å². The van der Waals surface area contributed by atoms with E-state index in [0.717, 1.165) is 33.3 Å². The molecule has 142 valence electrons. The number of aromatic nitrogens is 4. The van der Waals surface area contributed by atoms with Crippen LogP contribution in [-0.2, 0) is 6.42 Å². The smallest absolute Gasteiger partial charge is 0.255 e. The first-order valence-corrected chi connectivity index (χ1v) is 9.68. The lowest BCUT2D eigenvalue weighted by Crippen LogP contribution is -2.12. The molecular weight excluding hydrogens is 374 g/mol. The molecule has 0 aliphatic carbocycles. The predicted molar refractivity (Wildman–Crippen MR) is 109 cm³/mol. The van der Waals surface area contributed by atoms with Crippen LogP contribution in [0.1, 0.15) is 28.7 Å². The third-order valence-corrected chi connectivity index (χ3v) is 5.33. The first kappa shape index (κ1) is 18.1. The maximum Gasteiger partial charge on any atom is 0.255 e. The lowest BCUT2D eigenvalue weighted by molar-refractivity contribution is 0.102. The fourth-order valence-electron chi connectivity index (χ4n) is 2.83. The molecule has 0 aliphatic rings. The summed E-state index contributed by atoms with van der Waals surface area (Å²) >= 11 is 1.45. The molecule has 8 heteroatoms. The van der Waals surface area contributed by atoms with Crippen molar-refractivity contribution in [2.24, 2.45) is 0 Å². The van der Waals surface area contributed by atoms with Crippen LogP contribution in [0.2, 0.25) is 0 Å². The number of benzene rings is 2. The van der Waals surface area contributed by atoms with E-state index in [0.29, 0.717) is 17.0 Å². The zero-order valence-corrected chi connectivity index (χ0v) is 16.6. The monoisotopic (exact) mass is 393 g/mol. The minimum atomic E-state index is -0.193. The van der Waals surface area contributed by atoms with Crippen molar-refractivity contribution in [3.8, 4) is 16.3 Å². The van der Waals surface area contributed by atoms with E-state index in [2.05, 4.69) is 20.6 Å². The highest BCUT2D eigenvalue weighted by atomic mass is 32.1. The summed E-state index contributed by atoms with van der Waals surface area (Å²) in [5.41, 5.74) is 3.15. The Morgan fingerprint density at radius 1 is 1.18 bits per heavy atom. The molecule has 1 N–H and O–H groups in total. The summed E-state index contributed by atoms with van der Waals surface area (Å²) in [6.07, 6.45) is 0.755. The van der Waals surface area contributed by atoms with E-state index < -0.39 is 0 Å².